The fraction of sp³-hybridized carbons (Fsp3) is 0.923. The first-order valence-corrected chi connectivity index (χ1v) is 8.11. The molecule has 1 fully saturated rings. The van der Waals surface area contributed by atoms with Crippen LogP contribution in [0, 0.1) is 5.92 Å². The molecule has 0 saturated carbocycles. The molecular formula is C13H26N2OS. The molecule has 0 bridgehead atoms. The average molecular weight is 258 g/mol. The summed E-state index contributed by atoms with van der Waals surface area (Å²) in [4.78, 5) is 14.0. The predicted molar refractivity (Wildman–Crippen MR) is 75.2 cm³/mol. The molecule has 1 rings (SSSR count). The quantitative estimate of drug-likeness (QED) is 0.793. The Bertz CT molecular complexity index is 227. The lowest BCUT2D eigenvalue weighted by Crippen LogP contribution is -2.47. The number of hydrogen-bond donors (Lipinski definition) is 1. The molecule has 0 aromatic rings. The van der Waals surface area contributed by atoms with E-state index in [4.69, 9.17) is 5.73 Å². The van der Waals surface area contributed by atoms with Gasteiger partial charge in [0.05, 0.1) is 6.04 Å². The summed E-state index contributed by atoms with van der Waals surface area (Å²) in [7, 11) is 0. The lowest BCUT2D eigenvalue weighted by atomic mass is 9.92. The maximum Gasteiger partial charge on any atom is 0.239 e. The van der Waals surface area contributed by atoms with Crippen molar-refractivity contribution in [2.75, 3.05) is 25.1 Å². The van der Waals surface area contributed by atoms with Crippen LogP contribution < -0.4 is 5.73 Å². The van der Waals surface area contributed by atoms with Crippen molar-refractivity contribution in [2.45, 2.75) is 45.1 Å². The molecule has 0 aromatic heterocycles. The highest BCUT2D eigenvalue weighted by Gasteiger charge is 2.25. The van der Waals surface area contributed by atoms with Crippen molar-refractivity contribution in [1.82, 2.24) is 4.90 Å². The standard InChI is InChI=1S/C13H26N2OS/c1-3-4-11-5-8-15(9-6-11)13(16)12(14)7-10-17-2/h11-12H,3-10,14H2,1-2H3/t12-/m0/s1. The Kier molecular flexibility index (Phi) is 6.97. The number of rotatable bonds is 6. The molecule has 0 unspecified atom stereocenters. The number of amides is 1. The fourth-order valence-electron chi connectivity index (χ4n) is 2.45. The predicted octanol–water partition coefficient (Wildman–Crippen LogP) is 2.11. The lowest BCUT2D eigenvalue weighted by molar-refractivity contribution is -0.134. The lowest BCUT2D eigenvalue weighted by Gasteiger charge is -2.33. The zero-order chi connectivity index (χ0) is 12.7. The second kappa shape index (κ2) is 7.98. The molecule has 1 saturated heterocycles. The average Bonchev–Trinajstić information content (AvgIpc) is 2.36. The molecule has 1 heterocycles. The van der Waals surface area contributed by atoms with Crippen molar-refractivity contribution in [3.8, 4) is 0 Å². The zero-order valence-corrected chi connectivity index (χ0v) is 12.0. The third-order valence-corrected chi connectivity index (χ3v) is 4.22. The second-order valence-corrected chi connectivity index (χ2v) is 5.93. The van der Waals surface area contributed by atoms with Crippen LogP contribution in [0.15, 0.2) is 0 Å². The van der Waals surface area contributed by atoms with Crippen LogP contribution in [0.5, 0.6) is 0 Å². The van der Waals surface area contributed by atoms with Gasteiger partial charge in [0.25, 0.3) is 0 Å². The minimum Gasteiger partial charge on any atom is -0.341 e. The van der Waals surface area contributed by atoms with Crippen LogP contribution in [0.2, 0.25) is 0 Å². The van der Waals surface area contributed by atoms with E-state index in [0.717, 1.165) is 44.0 Å². The largest absolute Gasteiger partial charge is 0.341 e. The van der Waals surface area contributed by atoms with E-state index >= 15 is 0 Å². The summed E-state index contributed by atoms with van der Waals surface area (Å²) in [5, 5.41) is 0. The number of carbonyl (C=O) groups is 1. The van der Waals surface area contributed by atoms with Crippen LogP contribution in [-0.2, 0) is 4.79 Å². The first-order chi connectivity index (χ1) is 8.19. The minimum atomic E-state index is -0.287. The summed E-state index contributed by atoms with van der Waals surface area (Å²) in [6, 6.07) is -0.287. The number of hydrogen-bond acceptors (Lipinski definition) is 3. The molecule has 0 aromatic carbocycles. The molecular weight excluding hydrogens is 232 g/mol. The van der Waals surface area contributed by atoms with E-state index in [2.05, 4.69) is 6.92 Å². The molecule has 4 heteroatoms. The van der Waals surface area contributed by atoms with Crippen molar-refractivity contribution in [3.63, 3.8) is 0 Å². The Morgan fingerprint density at radius 3 is 2.65 bits per heavy atom. The van der Waals surface area contributed by atoms with Gasteiger partial charge >= 0.3 is 0 Å². The van der Waals surface area contributed by atoms with Gasteiger partial charge < -0.3 is 10.6 Å². The fourth-order valence-corrected chi connectivity index (χ4v) is 2.94. The number of likely N-dealkylation sites (tertiary alicyclic amines) is 1. The summed E-state index contributed by atoms with van der Waals surface area (Å²) in [6.45, 7) is 4.06. The second-order valence-electron chi connectivity index (χ2n) is 4.95. The highest BCUT2D eigenvalue weighted by atomic mass is 32.2. The summed E-state index contributed by atoms with van der Waals surface area (Å²) in [5.74, 6) is 1.96. The van der Waals surface area contributed by atoms with Crippen LogP contribution in [0.1, 0.15) is 39.0 Å². The van der Waals surface area contributed by atoms with Crippen LogP contribution in [0.3, 0.4) is 0 Å². The smallest absolute Gasteiger partial charge is 0.239 e. The maximum absolute atomic E-state index is 12.1. The van der Waals surface area contributed by atoms with Gasteiger partial charge in [-0.25, -0.2) is 0 Å². The summed E-state index contributed by atoms with van der Waals surface area (Å²) in [5.41, 5.74) is 5.92. The number of carbonyl (C=O) groups excluding carboxylic acids is 1. The van der Waals surface area contributed by atoms with Crippen molar-refractivity contribution >= 4 is 17.7 Å². The number of thioether (sulfide) groups is 1. The number of nitrogens with two attached hydrogens (primary N) is 1. The first-order valence-electron chi connectivity index (χ1n) is 6.72. The van der Waals surface area contributed by atoms with Crippen molar-refractivity contribution < 1.29 is 4.79 Å². The van der Waals surface area contributed by atoms with E-state index in [1.807, 2.05) is 11.2 Å². The third kappa shape index (κ3) is 4.88. The van der Waals surface area contributed by atoms with E-state index in [0.29, 0.717) is 0 Å². The van der Waals surface area contributed by atoms with E-state index in [9.17, 15) is 4.79 Å². The summed E-state index contributed by atoms with van der Waals surface area (Å²) >= 11 is 1.75. The Morgan fingerprint density at radius 1 is 1.47 bits per heavy atom. The molecule has 3 nitrogen and oxygen atoms in total. The van der Waals surface area contributed by atoms with Gasteiger partial charge in [-0.1, -0.05) is 19.8 Å². The van der Waals surface area contributed by atoms with Crippen LogP contribution >= 0.6 is 11.8 Å². The number of nitrogens with zero attached hydrogens (tertiary/aromatic N) is 1. The van der Waals surface area contributed by atoms with Gasteiger partial charge in [-0.2, -0.15) is 11.8 Å². The summed E-state index contributed by atoms with van der Waals surface area (Å²) in [6.07, 6.45) is 7.73. The molecule has 1 aliphatic rings. The van der Waals surface area contributed by atoms with Crippen molar-refractivity contribution in [3.05, 3.63) is 0 Å². The molecule has 0 aliphatic carbocycles. The van der Waals surface area contributed by atoms with Crippen LogP contribution in [0.4, 0.5) is 0 Å². The molecule has 1 amide bonds. The summed E-state index contributed by atoms with van der Waals surface area (Å²) < 4.78 is 0. The Labute approximate surface area is 109 Å². The van der Waals surface area contributed by atoms with Gasteiger partial charge in [0.15, 0.2) is 0 Å². The van der Waals surface area contributed by atoms with Gasteiger partial charge in [0.2, 0.25) is 5.91 Å². The van der Waals surface area contributed by atoms with Crippen LogP contribution in [0.25, 0.3) is 0 Å². The normalized spacial score (nSPS) is 19.4. The monoisotopic (exact) mass is 258 g/mol. The molecule has 1 aliphatic heterocycles. The SMILES string of the molecule is CCCC1CCN(C(=O)[C@@H](N)CCSC)CC1. The molecule has 1 atom stereocenters. The Balaban J connectivity index is 2.30. The molecule has 0 spiro atoms. The van der Waals surface area contributed by atoms with E-state index in [-0.39, 0.29) is 11.9 Å². The highest BCUT2D eigenvalue weighted by molar-refractivity contribution is 7.98. The topological polar surface area (TPSA) is 46.3 Å². The molecule has 0 radical (unpaired) electrons. The first kappa shape index (κ1) is 14.8. The van der Waals surface area contributed by atoms with Gasteiger partial charge in [0, 0.05) is 13.1 Å². The van der Waals surface area contributed by atoms with Gasteiger partial charge in [-0.15, -0.1) is 0 Å². The third-order valence-electron chi connectivity index (χ3n) is 3.57. The minimum absolute atomic E-state index is 0.161. The van der Waals surface area contributed by atoms with Gasteiger partial charge in [-0.3, -0.25) is 4.79 Å². The number of piperidine rings is 1. The van der Waals surface area contributed by atoms with E-state index in [1.165, 1.54) is 12.8 Å². The van der Waals surface area contributed by atoms with Gasteiger partial charge in [-0.05, 0) is 37.2 Å². The maximum atomic E-state index is 12.1. The van der Waals surface area contributed by atoms with Crippen molar-refractivity contribution in [1.29, 1.82) is 0 Å². The molecule has 100 valence electrons. The van der Waals surface area contributed by atoms with Crippen molar-refractivity contribution in [2.24, 2.45) is 11.7 Å². The Hall–Kier alpha value is -0.220. The van der Waals surface area contributed by atoms with Crippen LogP contribution in [-0.4, -0.2) is 41.9 Å². The van der Waals surface area contributed by atoms with E-state index < -0.39 is 0 Å². The zero-order valence-electron chi connectivity index (χ0n) is 11.2. The van der Waals surface area contributed by atoms with Gasteiger partial charge in [0.1, 0.15) is 0 Å². The molecule has 17 heavy (non-hydrogen) atoms. The highest BCUT2D eigenvalue weighted by Crippen LogP contribution is 2.22. The Morgan fingerprint density at radius 2 is 2.12 bits per heavy atom. The van der Waals surface area contributed by atoms with E-state index in [1.54, 1.807) is 11.8 Å². The molecule has 2 N–H and O–H groups in total.